The number of hydrogen-bond acceptors (Lipinski definition) is 12. The molecule has 0 radical (unpaired) electrons. The van der Waals surface area contributed by atoms with E-state index >= 15 is 0 Å². The van der Waals surface area contributed by atoms with E-state index in [-0.39, 0.29) is 75.9 Å². The molecule has 9 aromatic rings. The number of piperidine rings is 3. The van der Waals surface area contributed by atoms with E-state index in [9.17, 15) is 40.7 Å². The van der Waals surface area contributed by atoms with Crippen LogP contribution in [0.15, 0.2) is 194 Å². The van der Waals surface area contributed by atoms with Gasteiger partial charge in [0.05, 0.1) is 47.4 Å². The fourth-order valence-corrected chi connectivity index (χ4v) is 18.7. The summed E-state index contributed by atoms with van der Waals surface area (Å²) in [7, 11) is 1.67. The molecule has 6 N–H and O–H groups in total. The van der Waals surface area contributed by atoms with Gasteiger partial charge in [-0.25, -0.2) is 13.2 Å². The smallest absolute Gasteiger partial charge is 0.417 e. The van der Waals surface area contributed by atoms with Crippen LogP contribution in [0.25, 0.3) is 33.4 Å². The Hall–Kier alpha value is -9.00. The average Bonchev–Trinajstić information content (AvgIpc) is 1.41. The molecule has 3 saturated carbocycles. The van der Waals surface area contributed by atoms with E-state index in [0.29, 0.717) is 40.8 Å². The monoisotopic (exact) mass is 1660 g/mol. The molecule has 4 aliphatic heterocycles. The predicted molar refractivity (Wildman–Crippen MR) is 452 cm³/mol. The third-order valence-electron chi connectivity index (χ3n) is 24.8. The number of fused-ring (bicyclic) bond motifs is 1. The molecule has 4 heterocycles. The van der Waals surface area contributed by atoms with E-state index in [2.05, 4.69) is 107 Å². The summed E-state index contributed by atoms with van der Waals surface area (Å²) in [5, 5.41) is 19.0. The van der Waals surface area contributed by atoms with Crippen LogP contribution >= 0.6 is 34.8 Å². The molecule has 0 aromatic heterocycles. The Bertz CT molecular complexity index is 4870. The van der Waals surface area contributed by atoms with E-state index in [1.807, 2.05) is 42.5 Å². The molecule has 15 nitrogen and oxygen atoms in total. The van der Waals surface area contributed by atoms with Crippen molar-refractivity contribution < 1.29 is 54.9 Å². The van der Waals surface area contributed by atoms with E-state index in [1.165, 1.54) is 155 Å². The van der Waals surface area contributed by atoms with Gasteiger partial charge in [-0.2, -0.15) is 13.2 Å². The molecule has 3 aliphatic carbocycles. The summed E-state index contributed by atoms with van der Waals surface area (Å²) in [5.41, 5.74) is 7.92. The number of anilines is 3. The minimum Gasteiger partial charge on any atom is -0.497 e. The highest BCUT2D eigenvalue weighted by Crippen LogP contribution is 2.44. The van der Waals surface area contributed by atoms with Gasteiger partial charge >= 0.3 is 6.18 Å². The van der Waals surface area contributed by atoms with Crippen molar-refractivity contribution in [3.63, 3.8) is 0 Å². The first-order valence-corrected chi connectivity index (χ1v) is 42.0. The Morgan fingerprint density at radius 2 is 0.735 bits per heavy atom. The zero-order valence-corrected chi connectivity index (χ0v) is 68.0. The number of rotatable bonds is 22. The van der Waals surface area contributed by atoms with Crippen molar-refractivity contribution in [1.29, 1.82) is 0 Å². The lowest BCUT2D eigenvalue weighted by Crippen LogP contribution is -2.54. The van der Waals surface area contributed by atoms with Crippen molar-refractivity contribution in [3.05, 3.63) is 249 Å². The molecule has 0 spiro atoms. The maximum absolute atomic E-state index is 13.6. The zero-order valence-electron chi connectivity index (χ0n) is 65.7. The second-order valence-electron chi connectivity index (χ2n) is 31.8. The molecular formula is C93H100Cl3F6N9O6. The van der Waals surface area contributed by atoms with Crippen LogP contribution in [-0.4, -0.2) is 123 Å². The van der Waals surface area contributed by atoms with Crippen molar-refractivity contribution in [3.8, 4) is 50.6 Å². The maximum atomic E-state index is 13.6. The van der Waals surface area contributed by atoms with Crippen LogP contribution in [0.2, 0.25) is 15.1 Å². The highest BCUT2D eigenvalue weighted by atomic mass is 35.5. The van der Waals surface area contributed by atoms with Crippen LogP contribution in [0, 0.1) is 17.5 Å². The van der Waals surface area contributed by atoms with Gasteiger partial charge in [-0.15, -0.1) is 0 Å². The van der Waals surface area contributed by atoms with Crippen molar-refractivity contribution in [2.45, 2.75) is 156 Å². The molecule has 117 heavy (non-hydrogen) atoms. The van der Waals surface area contributed by atoms with Crippen molar-refractivity contribution in [2.75, 3.05) is 88.8 Å². The topological polar surface area (TPSA) is 161 Å². The number of nitrogens with one attached hydrogen (secondary N) is 6. The summed E-state index contributed by atoms with van der Waals surface area (Å²) in [6.45, 7) is 6.30. The van der Waals surface area contributed by atoms with Crippen LogP contribution in [0.1, 0.15) is 138 Å². The summed E-state index contributed by atoms with van der Waals surface area (Å²) in [5.74, 6) is 0.133. The average molecular weight is 1660 g/mol. The minimum absolute atomic E-state index is 0.0107. The first kappa shape index (κ1) is 84.5. The van der Waals surface area contributed by atoms with E-state index in [1.54, 1.807) is 25.3 Å². The molecule has 3 saturated heterocycles. The van der Waals surface area contributed by atoms with Crippen molar-refractivity contribution in [1.82, 2.24) is 30.7 Å². The molecule has 0 atom stereocenters. The van der Waals surface area contributed by atoms with E-state index < -0.39 is 34.7 Å². The Morgan fingerprint density at radius 3 is 1.09 bits per heavy atom. The predicted octanol–water partition coefficient (Wildman–Crippen LogP) is 20.6. The maximum Gasteiger partial charge on any atom is 0.417 e. The van der Waals surface area contributed by atoms with Gasteiger partial charge in [-0.05, 0) is 212 Å². The highest BCUT2D eigenvalue weighted by molar-refractivity contribution is 6.31. The number of amides is 3. The lowest BCUT2D eigenvalue weighted by Gasteiger charge is -2.45. The summed E-state index contributed by atoms with van der Waals surface area (Å²) < 4.78 is 97.7. The van der Waals surface area contributed by atoms with Gasteiger partial charge in [0.15, 0.2) is 11.5 Å². The van der Waals surface area contributed by atoms with Crippen LogP contribution in [0.4, 0.5) is 43.4 Å². The largest absolute Gasteiger partial charge is 0.497 e. The second-order valence-corrected chi connectivity index (χ2v) is 33.1. The Kier molecular flexibility index (Phi) is 27.7. The first-order chi connectivity index (χ1) is 56.6. The molecular weight excluding hydrogens is 1560 g/mol. The lowest BCUT2D eigenvalue weighted by atomic mass is 9.79. The number of halogens is 9. The lowest BCUT2D eigenvalue weighted by molar-refractivity contribution is -0.137. The summed E-state index contributed by atoms with van der Waals surface area (Å²) >= 11 is 17.6. The quantitative estimate of drug-likeness (QED) is 0.0357. The molecule has 0 unspecified atom stereocenters. The fraction of sp³-hybridized carbons (Fsp3) is 0.387. The van der Waals surface area contributed by atoms with Gasteiger partial charge in [0.2, 0.25) is 24.5 Å². The van der Waals surface area contributed by atoms with Gasteiger partial charge in [0.25, 0.3) is 0 Å². The molecule has 6 fully saturated rings. The standard InChI is InChI=1S/C31H32ClF4N3O.C31H33ClFN3O3.C31H35ClFN3O2/c32-27-19-23(13-14-28(27)33)38-29(40)20-37-30(15-17-39(18-16-30)24-5-1-2-6-24)22-11-9-21(10-12-22)25-7-3-4-8-26(25)31(34,35)36;32-26-18-24(10-11-27(26)33)35-30(37)19-34-31(13-15-36(16-14-31)25-3-1-2-4-25)23-8-5-21(6-9-23)22-7-12-28-29(17-22)39-20-38-28;1-38-27-13-8-23(9-14-27)22-6-10-24(11-7-22)31(16-18-36(19-17-31)26-4-2-3-5-26)34-21-30(37)35-25-12-15-29(33)28(32)20-25/h3-4,7-14,19,24,37H,1-2,5-6,15-18,20H2,(H,38,40);5-12,17-18,25,34H,1-4,13-16,19-20H2,(H,35,37);6-15,20,26,34H,2-5,16-19,21H2,1H3,(H,35,37). The van der Waals surface area contributed by atoms with Crippen molar-refractivity contribution >= 4 is 69.6 Å². The first-order valence-electron chi connectivity index (χ1n) is 40.8. The zero-order chi connectivity index (χ0) is 81.7. The third kappa shape index (κ3) is 21.0. The number of hydrogen-bond donors (Lipinski definition) is 6. The van der Waals surface area contributed by atoms with Gasteiger partial charge < -0.3 is 44.9 Å². The molecule has 9 aromatic carbocycles. The molecule has 616 valence electrons. The van der Waals surface area contributed by atoms with E-state index in [4.69, 9.17) is 49.0 Å². The van der Waals surface area contributed by atoms with Crippen LogP contribution in [0.3, 0.4) is 0 Å². The second kappa shape index (κ2) is 38.4. The third-order valence-corrected chi connectivity index (χ3v) is 25.7. The summed E-state index contributed by atoms with van der Waals surface area (Å²) in [4.78, 5) is 46.4. The van der Waals surface area contributed by atoms with E-state index in [0.717, 1.165) is 129 Å². The van der Waals surface area contributed by atoms with Crippen LogP contribution in [-0.2, 0) is 37.2 Å². The molecule has 3 amide bonds. The minimum atomic E-state index is -4.45. The van der Waals surface area contributed by atoms with Gasteiger partial charge in [0, 0.05) is 91.1 Å². The van der Waals surface area contributed by atoms with Gasteiger partial charge in [-0.1, -0.05) is 183 Å². The number of nitrogens with zero attached hydrogens (tertiary/aromatic N) is 3. The number of likely N-dealkylation sites (tertiary alicyclic amines) is 3. The SMILES string of the molecule is COc1ccc(-c2ccc(C3(NCC(=O)Nc4ccc(F)c(Cl)c4)CCN(C4CCCC4)CC3)cc2)cc1.O=C(CNC1(c2ccc(-c3ccc4c(c3)OCO4)cc2)CCN(C2CCCC2)CC1)Nc1ccc(F)c(Cl)c1.O=C(CNC1(c2ccc(-c3ccccc3C(F)(F)F)cc2)CCN(C2CCCC2)CC1)Nc1ccc(F)c(Cl)c1. The number of methoxy groups -OCH3 is 1. The Labute approximate surface area is 695 Å². The number of carbonyl (C=O) groups excluding carboxylic acids is 3. The molecule has 24 heteroatoms. The van der Waals surface area contributed by atoms with Gasteiger partial charge in [-0.3, -0.25) is 30.3 Å². The number of benzene rings is 9. The molecule has 16 rings (SSSR count). The summed E-state index contributed by atoms with van der Waals surface area (Å²) in [6, 6.07) is 58.6. The molecule has 0 bridgehead atoms. The summed E-state index contributed by atoms with van der Waals surface area (Å²) in [6.07, 6.45) is 16.1. The Balaban J connectivity index is 0.000000144. The number of carbonyl (C=O) groups is 3. The molecule has 7 aliphatic rings. The fourth-order valence-electron chi connectivity index (χ4n) is 18.2. The normalized spacial score (nSPS) is 18.3. The van der Waals surface area contributed by atoms with Crippen LogP contribution < -0.4 is 46.1 Å². The van der Waals surface area contributed by atoms with Gasteiger partial charge in [0.1, 0.15) is 23.2 Å². The van der Waals surface area contributed by atoms with Crippen LogP contribution in [0.5, 0.6) is 17.2 Å². The van der Waals surface area contributed by atoms with Crippen molar-refractivity contribution in [2.24, 2.45) is 0 Å². The number of ether oxygens (including phenoxy) is 3. The highest BCUT2D eigenvalue weighted by Gasteiger charge is 2.43. The Morgan fingerprint density at radius 1 is 0.410 bits per heavy atom. The number of alkyl halides is 3.